The first-order valence-electron chi connectivity index (χ1n) is 15.8. The number of ether oxygens (including phenoxy) is 5. The molecule has 47 heavy (non-hydrogen) atoms. The van der Waals surface area contributed by atoms with Gasteiger partial charge in [0, 0.05) is 5.41 Å². The van der Waals surface area contributed by atoms with Crippen LogP contribution in [0.1, 0.15) is 117 Å². The summed E-state index contributed by atoms with van der Waals surface area (Å²) in [6.45, 7) is 23.6. The normalized spacial score (nSPS) is 13.1. The van der Waals surface area contributed by atoms with E-state index >= 15 is 0 Å². The van der Waals surface area contributed by atoms with Gasteiger partial charge in [-0.2, -0.15) is 0 Å². The lowest BCUT2D eigenvalue weighted by Crippen LogP contribution is -2.43. The molecule has 0 rings (SSSR count). The molecule has 13 nitrogen and oxygen atoms in total. The topological polar surface area (TPSA) is 192 Å². The molecular weight excluding hydrogens is 616 g/mol. The van der Waals surface area contributed by atoms with Crippen molar-refractivity contribution in [1.29, 1.82) is 0 Å². The maximum Gasteiger partial charge on any atom is 0.337 e. The molecule has 276 valence electrons. The first-order chi connectivity index (χ1) is 20.8. The quantitative estimate of drug-likeness (QED) is 0.148. The van der Waals surface area contributed by atoms with Gasteiger partial charge >= 0.3 is 29.8 Å². The van der Waals surface area contributed by atoms with Gasteiger partial charge in [0.25, 0.3) is 0 Å². The molecule has 13 heteroatoms. The van der Waals surface area contributed by atoms with Crippen LogP contribution >= 0.6 is 0 Å². The number of esters is 5. The molecule has 0 spiro atoms. The molecule has 0 amide bonds. The molecule has 0 unspecified atom stereocenters. The fourth-order valence-corrected chi connectivity index (χ4v) is 2.62. The van der Waals surface area contributed by atoms with Gasteiger partial charge in [-0.25, -0.2) is 14.4 Å². The first-order valence-corrected chi connectivity index (χ1v) is 15.8. The van der Waals surface area contributed by atoms with Gasteiger partial charge in [-0.15, -0.1) is 0 Å². The fraction of sp³-hybridized carbons (Fsp3) is 0.853. The minimum absolute atomic E-state index is 0.0790. The molecule has 0 saturated carbocycles. The average Bonchev–Trinajstić information content (AvgIpc) is 2.93. The second-order valence-electron chi connectivity index (χ2n) is 16.0. The second-order valence-corrected chi connectivity index (χ2v) is 16.0. The third-order valence-electron chi connectivity index (χ3n) is 7.21. The van der Waals surface area contributed by atoms with E-state index in [0.29, 0.717) is 12.8 Å². The van der Waals surface area contributed by atoms with Gasteiger partial charge in [-0.1, -0.05) is 27.7 Å². The molecule has 0 atom stereocenters. The van der Waals surface area contributed by atoms with Crippen LogP contribution in [-0.4, -0.2) is 95.0 Å². The molecule has 0 fully saturated rings. The van der Waals surface area contributed by atoms with Crippen LogP contribution in [0.2, 0.25) is 0 Å². The van der Waals surface area contributed by atoms with Crippen molar-refractivity contribution in [2.45, 2.75) is 134 Å². The Hall–Kier alpha value is -2.77. The highest BCUT2D eigenvalue weighted by atomic mass is 16.6. The third-order valence-corrected chi connectivity index (χ3v) is 7.21. The molecular formula is C34H62O13. The van der Waals surface area contributed by atoms with Gasteiger partial charge in [0.2, 0.25) is 0 Å². The highest BCUT2D eigenvalue weighted by Gasteiger charge is 2.37. The third kappa shape index (κ3) is 18.4. The van der Waals surface area contributed by atoms with Crippen molar-refractivity contribution in [1.82, 2.24) is 0 Å². The summed E-state index contributed by atoms with van der Waals surface area (Å²) in [5.74, 6) is -3.10. The number of carbonyl (C=O) groups excluding carboxylic acids is 5. The molecule has 0 saturated heterocycles. The smallest absolute Gasteiger partial charge is 0.337 e. The van der Waals surface area contributed by atoms with Gasteiger partial charge in [-0.3, -0.25) is 9.59 Å². The van der Waals surface area contributed by atoms with E-state index < -0.39 is 62.3 Å². The largest absolute Gasteiger partial charge is 0.465 e. The maximum atomic E-state index is 12.2. The Labute approximate surface area is 281 Å². The molecule has 0 heterocycles. The molecule has 0 aromatic heterocycles. The predicted molar refractivity (Wildman–Crippen MR) is 174 cm³/mol. The van der Waals surface area contributed by atoms with Crippen LogP contribution in [0.15, 0.2) is 0 Å². The van der Waals surface area contributed by atoms with Crippen LogP contribution in [0, 0.1) is 21.7 Å². The van der Waals surface area contributed by atoms with Crippen molar-refractivity contribution in [2.75, 3.05) is 33.0 Å². The molecule has 0 bridgehead atoms. The Balaban J connectivity index is 0. The summed E-state index contributed by atoms with van der Waals surface area (Å²) in [7, 11) is 0. The van der Waals surface area contributed by atoms with Gasteiger partial charge in [0.05, 0.1) is 29.5 Å². The summed E-state index contributed by atoms with van der Waals surface area (Å²) in [5.41, 5.74) is -7.65. The Morgan fingerprint density at radius 2 is 0.617 bits per heavy atom. The van der Waals surface area contributed by atoms with Crippen molar-refractivity contribution >= 4 is 29.8 Å². The van der Waals surface area contributed by atoms with E-state index in [-0.39, 0.29) is 39.0 Å². The standard InChI is InChI=1S/C19H34O8.C15H28O5/c1-9-16(2,3)13(20)25-10-19(8,11-26-14(21)17(4,5)23)12-27-15(22)18(6,7)24;1-8-14(4,5)11(16)19-9-13(2,3)10-20-12(17)15(6,7)18/h23-24H,9-12H2,1-8H3;18H,8-10H2,1-7H3. The van der Waals surface area contributed by atoms with Crippen LogP contribution in [0.5, 0.6) is 0 Å². The van der Waals surface area contributed by atoms with Crippen molar-refractivity contribution in [3.63, 3.8) is 0 Å². The van der Waals surface area contributed by atoms with E-state index in [1.165, 1.54) is 41.5 Å². The predicted octanol–water partition coefficient (Wildman–Crippen LogP) is 3.91. The molecule has 0 radical (unpaired) electrons. The van der Waals surface area contributed by atoms with Gasteiger partial charge in [-0.05, 0) is 89.0 Å². The van der Waals surface area contributed by atoms with Crippen molar-refractivity contribution in [3.8, 4) is 0 Å². The minimum Gasteiger partial charge on any atom is -0.465 e. The minimum atomic E-state index is -1.69. The Kier molecular flexibility index (Phi) is 17.3. The highest BCUT2D eigenvalue weighted by Crippen LogP contribution is 2.27. The number of carbonyl (C=O) groups is 5. The summed E-state index contributed by atoms with van der Waals surface area (Å²) in [4.78, 5) is 59.2. The Morgan fingerprint density at radius 1 is 0.404 bits per heavy atom. The second kappa shape index (κ2) is 17.6. The lowest BCUT2D eigenvalue weighted by Gasteiger charge is -2.31. The molecule has 0 aromatic rings. The zero-order valence-corrected chi connectivity index (χ0v) is 31.4. The van der Waals surface area contributed by atoms with Crippen LogP contribution in [0.3, 0.4) is 0 Å². The maximum absolute atomic E-state index is 12.2. The highest BCUT2D eigenvalue weighted by molar-refractivity contribution is 5.79. The van der Waals surface area contributed by atoms with Crippen LogP contribution in [-0.2, 0) is 47.7 Å². The summed E-state index contributed by atoms with van der Waals surface area (Å²) in [6, 6.07) is 0. The molecule has 3 N–H and O–H groups in total. The summed E-state index contributed by atoms with van der Waals surface area (Å²) < 4.78 is 25.9. The number of rotatable bonds is 17. The zero-order chi connectivity index (χ0) is 37.9. The van der Waals surface area contributed by atoms with E-state index in [1.807, 2.05) is 41.5 Å². The summed E-state index contributed by atoms with van der Waals surface area (Å²) in [6.07, 6.45) is 1.27. The summed E-state index contributed by atoms with van der Waals surface area (Å²) >= 11 is 0. The van der Waals surface area contributed by atoms with Crippen LogP contribution in [0.4, 0.5) is 0 Å². The van der Waals surface area contributed by atoms with Gasteiger partial charge in [0.15, 0.2) is 16.8 Å². The van der Waals surface area contributed by atoms with E-state index in [0.717, 1.165) is 0 Å². The van der Waals surface area contributed by atoms with E-state index in [4.69, 9.17) is 23.7 Å². The van der Waals surface area contributed by atoms with Gasteiger partial charge < -0.3 is 39.0 Å². The van der Waals surface area contributed by atoms with Crippen LogP contribution in [0.25, 0.3) is 0 Å². The molecule has 0 aliphatic rings. The monoisotopic (exact) mass is 678 g/mol. The zero-order valence-electron chi connectivity index (χ0n) is 31.4. The average molecular weight is 679 g/mol. The fourth-order valence-electron chi connectivity index (χ4n) is 2.62. The Bertz CT molecular complexity index is 1020. The number of hydrogen-bond acceptors (Lipinski definition) is 13. The van der Waals surface area contributed by atoms with Crippen molar-refractivity contribution < 1.29 is 63.0 Å². The molecule has 0 aromatic carbocycles. The SMILES string of the molecule is CCC(C)(C)C(=O)OCC(C)(C)COC(=O)C(C)(C)O.CCC(C)(C)C(=O)OCC(C)(COC(=O)C(C)(C)O)COC(=O)C(C)(C)O. The van der Waals surface area contributed by atoms with Crippen molar-refractivity contribution in [2.24, 2.45) is 21.7 Å². The number of aliphatic hydroxyl groups is 3. The summed E-state index contributed by atoms with van der Waals surface area (Å²) in [5, 5.41) is 28.9. The number of hydrogen-bond donors (Lipinski definition) is 3. The van der Waals surface area contributed by atoms with Crippen molar-refractivity contribution in [3.05, 3.63) is 0 Å². The lowest BCUT2D eigenvalue weighted by atomic mass is 9.90. The van der Waals surface area contributed by atoms with Crippen LogP contribution < -0.4 is 0 Å². The molecule has 0 aliphatic heterocycles. The first kappa shape index (κ1) is 46.3. The Morgan fingerprint density at radius 3 is 0.851 bits per heavy atom. The van der Waals surface area contributed by atoms with E-state index in [2.05, 4.69) is 0 Å². The van der Waals surface area contributed by atoms with E-state index in [1.54, 1.807) is 20.8 Å². The van der Waals surface area contributed by atoms with Gasteiger partial charge in [0.1, 0.15) is 19.8 Å². The molecule has 0 aliphatic carbocycles. The lowest BCUT2D eigenvalue weighted by molar-refractivity contribution is -0.177. The van der Waals surface area contributed by atoms with E-state index in [9.17, 15) is 39.3 Å².